The number of aryl methyl sites for hydroxylation is 1. The highest BCUT2D eigenvalue weighted by atomic mass is 19.1. The van der Waals surface area contributed by atoms with E-state index in [1.54, 1.807) is 17.7 Å². The fourth-order valence-electron chi connectivity index (χ4n) is 2.80. The molecule has 1 aliphatic rings. The molecule has 1 atom stereocenters. The van der Waals surface area contributed by atoms with Gasteiger partial charge in [0, 0.05) is 17.9 Å². The zero-order valence-corrected chi connectivity index (χ0v) is 10.8. The Balaban J connectivity index is 2.21. The van der Waals surface area contributed by atoms with Gasteiger partial charge in [0.15, 0.2) is 5.82 Å². The molecule has 0 fully saturated rings. The van der Waals surface area contributed by atoms with Gasteiger partial charge in [-0.3, -0.25) is 0 Å². The first-order valence-corrected chi connectivity index (χ1v) is 6.50. The van der Waals surface area contributed by atoms with E-state index < -0.39 is 11.6 Å². The number of hydrogen-bond acceptors (Lipinski definition) is 1. The predicted octanol–water partition coefficient (Wildman–Crippen LogP) is 3.40. The highest BCUT2D eigenvalue weighted by Crippen LogP contribution is 2.32. The van der Waals surface area contributed by atoms with Crippen LogP contribution in [-0.2, 0) is 6.42 Å². The van der Waals surface area contributed by atoms with Crippen LogP contribution in [-0.4, -0.2) is 4.57 Å². The molecule has 2 nitrogen and oxygen atoms in total. The second-order valence-corrected chi connectivity index (χ2v) is 5.11. The van der Waals surface area contributed by atoms with Crippen molar-refractivity contribution in [3.63, 3.8) is 0 Å². The van der Waals surface area contributed by atoms with E-state index in [9.17, 15) is 8.78 Å². The van der Waals surface area contributed by atoms with E-state index in [0.717, 1.165) is 30.5 Å². The summed E-state index contributed by atoms with van der Waals surface area (Å²) >= 11 is 0. The Kier molecular flexibility index (Phi) is 2.90. The van der Waals surface area contributed by atoms with Gasteiger partial charge in [-0.05, 0) is 49.4 Å². The fraction of sp³-hybridized carbons (Fsp3) is 0.333. The molecule has 1 aromatic heterocycles. The van der Waals surface area contributed by atoms with Crippen molar-refractivity contribution in [3.05, 3.63) is 52.9 Å². The number of fused-ring (bicyclic) bond motifs is 1. The van der Waals surface area contributed by atoms with Crippen LogP contribution in [0.25, 0.3) is 5.69 Å². The number of nitrogens with two attached hydrogens (primary N) is 1. The zero-order valence-electron chi connectivity index (χ0n) is 10.8. The van der Waals surface area contributed by atoms with E-state index >= 15 is 0 Å². The number of nitrogens with zero attached hydrogens (tertiary/aromatic N) is 1. The van der Waals surface area contributed by atoms with E-state index in [1.807, 2.05) is 6.07 Å². The molecule has 3 rings (SSSR count). The summed E-state index contributed by atoms with van der Waals surface area (Å²) in [6.07, 6.45) is 4.41. The topological polar surface area (TPSA) is 30.9 Å². The van der Waals surface area contributed by atoms with E-state index in [-0.39, 0.29) is 11.7 Å². The number of hydrogen-bond donors (Lipinski definition) is 1. The van der Waals surface area contributed by atoms with Crippen molar-refractivity contribution in [2.45, 2.75) is 32.2 Å². The SMILES string of the molecule is Cc1ccc(F)c(-n2ccc3c2CCCC3N)c1F. The average molecular weight is 262 g/mol. The largest absolute Gasteiger partial charge is 0.324 e. The van der Waals surface area contributed by atoms with Crippen LogP contribution in [0.2, 0.25) is 0 Å². The molecular weight excluding hydrogens is 246 g/mol. The summed E-state index contributed by atoms with van der Waals surface area (Å²) in [6.45, 7) is 1.64. The minimum absolute atomic E-state index is 0.00958. The molecule has 0 amide bonds. The van der Waals surface area contributed by atoms with Gasteiger partial charge in [-0.25, -0.2) is 8.78 Å². The van der Waals surface area contributed by atoms with Crippen molar-refractivity contribution in [2.24, 2.45) is 5.73 Å². The quantitative estimate of drug-likeness (QED) is 0.839. The maximum atomic E-state index is 14.2. The molecule has 0 radical (unpaired) electrons. The maximum absolute atomic E-state index is 14.2. The van der Waals surface area contributed by atoms with Crippen LogP contribution >= 0.6 is 0 Å². The Labute approximate surface area is 110 Å². The molecule has 1 unspecified atom stereocenters. The number of benzene rings is 1. The Bertz CT molecular complexity index is 631. The Hall–Kier alpha value is -1.68. The van der Waals surface area contributed by atoms with Gasteiger partial charge in [-0.2, -0.15) is 0 Å². The molecule has 4 heteroatoms. The van der Waals surface area contributed by atoms with E-state index in [2.05, 4.69) is 0 Å². The number of halogens is 2. The molecule has 2 aromatic rings. The first kappa shape index (κ1) is 12.4. The van der Waals surface area contributed by atoms with Gasteiger partial charge in [-0.15, -0.1) is 0 Å². The lowest BCUT2D eigenvalue weighted by Gasteiger charge is -2.21. The van der Waals surface area contributed by atoms with Crippen molar-refractivity contribution < 1.29 is 8.78 Å². The molecular formula is C15H16F2N2. The summed E-state index contributed by atoms with van der Waals surface area (Å²) in [5.41, 5.74) is 8.43. The first-order chi connectivity index (χ1) is 9.09. The molecule has 100 valence electrons. The molecule has 1 aliphatic carbocycles. The molecule has 0 spiro atoms. The van der Waals surface area contributed by atoms with Crippen molar-refractivity contribution >= 4 is 0 Å². The third-order valence-electron chi connectivity index (χ3n) is 3.86. The minimum atomic E-state index is -0.541. The lowest BCUT2D eigenvalue weighted by Crippen LogP contribution is -2.18. The van der Waals surface area contributed by atoms with Gasteiger partial charge in [-0.1, -0.05) is 6.07 Å². The Morgan fingerprint density at radius 2 is 2.05 bits per heavy atom. The summed E-state index contributed by atoms with van der Waals surface area (Å²) in [6, 6.07) is 4.61. The van der Waals surface area contributed by atoms with Gasteiger partial charge in [0.25, 0.3) is 0 Å². The molecule has 1 aromatic carbocycles. The molecule has 0 bridgehead atoms. The average Bonchev–Trinajstić information content (AvgIpc) is 2.80. The fourth-order valence-corrected chi connectivity index (χ4v) is 2.80. The lowest BCUT2D eigenvalue weighted by atomic mass is 9.93. The normalized spacial score (nSPS) is 18.4. The van der Waals surface area contributed by atoms with Crippen molar-refractivity contribution in [1.82, 2.24) is 4.57 Å². The van der Waals surface area contributed by atoms with Crippen molar-refractivity contribution in [1.29, 1.82) is 0 Å². The van der Waals surface area contributed by atoms with Crippen LogP contribution < -0.4 is 5.73 Å². The highest BCUT2D eigenvalue weighted by molar-refractivity contribution is 5.44. The molecule has 1 heterocycles. The van der Waals surface area contributed by atoms with Crippen molar-refractivity contribution in [2.75, 3.05) is 0 Å². The smallest absolute Gasteiger partial charge is 0.153 e. The lowest BCUT2D eigenvalue weighted by molar-refractivity contribution is 0.539. The zero-order chi connectivity index (χ0) is 13.6. The monoisotopic (exact) mass is 262 g/mol. The molecule has 2 N–H and O–H groups in total. The second kappa shape index (κ2) is 4.46. The van der Waals surface area contributed by atoms with E-state index in [1.165, 1.54) is 12.1 Å². The Morgan fingerprint density at radius 3 is 2.84 bits per heavy atom. The van der Waals surface area contributed by atoms with Gasteiger partial charge < -0.3 is 10.3 Å². The third kappa shape index (κ3) is 1.87. The number of aromatic nitrogens is 1. The maximum Gasteiger partial charge on any atom is 0.153 e. The standard InChI is InChI=1S/C15H16F2N2/c1-9-5-6-11(16)15(14(9)17)19-8-7-10-12(18)3-2-4-13(10)19/h5-8,12H,2-4,18H2,1H3. The van der Waals surface area contributed by atoms with E-state index in [0.29, 0.717) is 5.56 Å². The first-order valence-electron chi connectivity index (χ1n) is 6.50. The van der Waals surface area contributed by atoms with Gasteiger partial charge in [0.1, 0.15) is 11.5 Å². The van der Waals surface area contributed by atoms with E-state index in [4.69, 9.17) is 5.73 Å². The van der Waals surface area contributed by atoms with Gasteiger partial charge in [0.05, 0.1) is 0 Å². The van der Waals surface area contributed by atoms with Crippen LogP contribution in [0.3, 0.4) is 0 Å². The van der Waals surface area contributed by atoms with Crippen LogP contribution in [0.1, 0.15) is 35.7 Å². The van der Waals surface area contributed by atoms with Crippen LogP contribution in [0.5, 0.6) is 0 Å². The summed E-state index contributed by atoms with van der Waals surface area (Å²) in [5, 5.41) is 0. The molecule has 0 saturated heterocycles. The van der Waals surface area contributed by atoms with Crippen LogP contribution in [0, 0.1) is 18.6 Å². The highest BCUT2D eigenvalue weighted by Gasteiger charge is 2.23. The van der Waals surface area contributed by atoms with Crippen molar-refractivity contribution in [3.8, 4) is 5.69 Å². The Morgan fingerprint density at radius 1 is 1.26 bits per heavy atom. The summed E-state index contributed by atoms with van der Waals surface area (Å²) in [7, 11) is 0. The summed E-state index contributed by atoms with van der Waals surface area (Å²) in [5.74, 6) is -1.04. The molecule has 19 heavy (non-hydrogen) atoms. The summed E-state index contributed by atoms with van der Waals surface area (Å²) < 4.78 is 29.8. The minimum Gasteiger partial charge on any atom is -0.324 e. The van der Waals surface area contributed by atoms with Gasteiger partial charge in [0.2, 0.25) is 0 Å². The number of rotatable bonds is 1. The second-order valence-electron chi connectivity index (χ2n) is 5.11. The third-order valence-corrected chi connectivity index (χ3v) is 3.86. The molecule has 0 aliphatic heterocycles. The van der Waals surface area contributed by atoms with Gasteiger partial charge >= 0.3 is 0 Å². The molecule has 0 saturated carbocycles. The van der Waals surface area contributed by atoms with Crippen LogP contribution in [0.4, 0.5) is 8.78 Å². The van der Waals surface area contributed by atoms with Crippen LogP contribution in [0.15, 0.2) is 24.4 Å². The predicted molar refractivity (Wildman–Crippen MR) is 70.3 cm³/mol. The summed E-state index contributed by atoms with van der Waals surface area (Å²) in [4.78, 5) is 0.